The van der Waals surface area contributed by atoms with Crippen molar-refractivity contribution in [1.82, 2.24) is 19.6 Å². The van der Waals surface area contributed by atoms with Crippen LogP contribution in [0.4, 0.5) is 4.39 Å². The van der Waals surface area contributed by atoms with Crippen LogP contribution in [0.1, 0.15) is 39.8 Å². The fourth-order valence-electron chi connectivity index (χ4n) is 3.07. The van der Waals surface area contributed by atoms with Crippen LogP contribution in [0, 0.1) is 12.7 Å². The Balaban J connectivity index is 1.75. The predicted molar refractivity (Wildman–Crippen MR) is 96.4 cm³/mol. The van der Waals surface area contributed by atoms with Crippen molar-refractivity contribution in [3.05, 3.63) is 52.6 Å². The lowest BCUT2D eigenvalue weighted by Crippen LogP contribution is -2.38. The molecule has 3 rings (SSSR count). The zero-order chi connectivity index (χ0) is 19.7. The van der Waals surface area contributed by atoms with E-state index < -0.39 is 11.9 Å². The van der Waals surface area contributed by atoms with Crippen LogP contribution in [0.5, 0.6) is 0 Å². The fourth-order valence-corrected chi connectivity index (χ4v) is 3.07. The molecule has 0 bridgehead atoms. The van der Waals surface area contributed by atoms with E-state index in [-0.39, 0.29) is 18.2 Å². The van der Waals surface area contributed by atoms with Gasteiger partial charge in [-0.25, -0.2) is 4.39 Å². The molecule has 1 aromatic carbocycles. The number of hydrogen-bond donors (Lipinski definition) is 1. The Morgan fingerprint density at radius 3 is 2.74 bits per heavy atom. The highest BCUT2D eigenvalue weighted by atomic mass is 19.1. The van der Waals surface area contributed by atoms with Gasteiger partial charge in [0.15, 0.2) is 0 Å². The predicted octanol–water partition coefficient (Wildman–Crippen LogP) is 1.50. The van der Waals surface area contributed by atoms with E-state index in [2.05, 4.69) is 5.10 Å². The van der Waals surface area contributed by atoms with E-state index in [9.17, 15) is 19.1 Å². The van der Waals surface area contributed by atoms with Crippen LogP contribution < -0.4 is 0 Å². The van der Waals surface area contributed by atoms with E-state index in [1.807, 2.05) is 0 Å². The van der Waals surface area contributed by atoms with E-state index in [1.165, 1.54) is 17.0 Å². The average molecular weight is 374 g/mol. The number of carbonyl (C=O) groups excluding carboxylic acids is 2. The molecule has 1 atom stereocenters. The Kier molecular flexibility index (Phi) is 5.27. The number of halogens is 1. The van der Waals surface area contributed by atoms with Gasteiger partial charge in [-0.3, -0.25) is 14.3 Å². The van der Waals surface area contributed by atoms with Gasteiger partial charge in [0.1, 0.15) is 11.9 Å². The van der Waals surface area contributed by atoms with Crippen LogP contribution in [0.15, 0.2) is 24.3 Å². The minimum absolute atomic E-state index is 0.0470. The highest BCUT2D eigenvalue weighted by Crippen LogP contribution is 2.22. The zero-order valence-corrected chi connectivity index (χ0v) is 15.6. The Bertz CT molecular complexity index is 878. The van der Waals surface area contributed by atoms with Crippen LogP contribution in [0.2, 0.25) is 0 Å². The lowest BCUT2D eigenvalue weighted by molar-refractivity contribution is -0.130. The average Bonchev–Trinajstić information content (AvgIpc) is 3.06. The first-order valence-corrected chi connectivity index (χ1v) is 8.76. The molecule has 8 heteroatoms. The van der Waals surface area contributed by atoms with E-state index in [1.54, 1.807) is 42.7 Å². The molecule has 2 amide bonds. The van der Waals surface area contributed by atoms with Crippen LogP contribution >= 0.6 is 0 Å². The Morgan fingerprint density at radius 2 is 2.04 bits per heavy atom. The van der Waals surface area contributed by atoms with Gasteiger partial charge >= 0.3 is 0 Å². The summed E-state index contributed by atoms with van der Waals surface area (Å²) in [5.41, 5.74) is 2.25. The van der Waals surface area contributed by atoms with E-state index in [4.69, 9.17) is 0 Å². The molecule has 0 fully saturated rings. The molecule has 0 radical (unpaired) electrons. The Hall–Kier alpha value is -2.74. The molecule has 0 aliphatic carbocycles. The highest BCUT2D eigenvalue weighted by molar-refractivity contribution is 5.95. The second kappa shape index (κ2) is 7.48. The summed E-state index contributed by atoms with van der Waals surface area (Å²) in [4.78, 5) is 27.6. The van der Waals surface area contributed by atoms with Gasteiger partial charge in [-0.15, -0.1) is 0 Å². The molecule has 0 saturated heterocycles. The number of rotatable bonds is 4. The molecule has 27 heavy (non-hydrogen) atoms. The number of aliphatic hydroxyl groups is 1. The monoisotopic (exact) mass is 374 g/mol. The number of fused-ring (bicyclic) bond motifs is 1. The van der Waals surface area contributed by atoms with Crippen molar-refractivity contribution in [1.29, 1.82) is 0 Å². The molecule has 2 heterocycles. The molecule has 1 unspecified atom stereocenters. The van der Waals surface area contributed by atoms with Gasteiger partial charge in [-0.05, 0) is 30.7 Å². The van der Waals surface area contributed by atoms with Gasteiger partial charge < -0.3 is 14.9 Å². The lowest BCUT2D eigenvalue weighted by Gasteiger charge is -2.28. The van der Waals surface area contributed by atoms with Crippen LogP contribution in [0.3, 0.4) is 0 Å². The summed E-state index contributed by atoms with van der Waals surface area (Å²) in [5, 5.41) is 14.6. The third-order valence-corrected chi connectivity index (χ3v) is 4.74. The first kappa shape index (κ1) is 19.0. The normalized spacial score (nSPS) is 14.6. The standard InChI is InChI=1S/C19H23FN4O3/c1-12-4-5-13(20)8-15(12)19(27)23-6-7-24-14(11-23)9-16(21-24)17(25)10-18(26)22(2)3/h4-5,8-9,17,25H,6-7,10-11H2,1-3H3. The third-order valence-electron chi connectivity index (χ3n) is 4.74. The number of nitrogens with zero attached hydrogens (tertiary/aromatic N) is 4. The Morgan fingerprint density at radius 1 is 1.30 bits per heavy atom. The minimum atomic E-state index is -0.993. The first-order chi connectivity index (χ1) is 12.8. The van der Waals surface area contributed by atoms with Gasteiger partial charge in [0, 0.05) is 26.2 Å². The van der Waals surface area contributed by atoms with Crippen molar-refractivity contribution in [3.63, 3.8) is 0 Å². The highest BCUT2D eigenvalue weighted by Gasteiger charge is 2.26. The maximum Gasteiger partial charge on any atom is 0.254 e. The summed E-state index contributed by atoms with van der Waals surface area (Å²) in [6, 6.07) is 5.89. The van der Waals surface area contributed by atoms with Crippen LogP contribution in [-0.4, -0.2) is 57.1 Å². The van der Waals surface area contributed by atoms with E-state index >= 15 is 0 Å². The maximum absolute atomic E-state index is 13.5. The van der Waals surface area contributed by atoms with Gasteiger partial charge in [0.25, 0.3) is 5.91 Å². The van der Waals surface area contributed by atoms with Crippen molar-refractivity contribution in [2.45, 2.75) is 32.5 Å². The zero-order valence-electron chi connectivity index (χ0n) is 15.6. The van der Waals surface area contributed by atoms with Crippen molar-refractivity contribution < 1.29 is 19.1 Å². The molecular formula is C19H23FN4O3. The van der Waals surface area contributed by atoms with Crippen molar-refractivity contribution in [2.24, 2.45) is 0 Å². The summed E-state index contributed by atoms with van der Waals surface area (Å²) in [6.07, 6.45) is -1.04. The molecule has 1 aliphatic rings. The SMILES string of the molecule is Cc1ccc(F)cc1C(=O)N1CCn2nc(C(O)CC(=O)N(C)C)cc2C1. The third kappa shape index (κ3) is 4.00. The quantitative estimate of drug-likeness (QED) is 0.880. The molecule has 2 aromatic rings. The summed E-state index contributed by atoms with van der Waals surface area (Å²) in [6.45, 7) is 3.01. The molecule has 144 valence electrons. The van der Waals surface area contributed by atoms with Crippen LogP contribution in [-0.2, 0) is 17.9 Å². The molecule has 0 saturated carbocycles. The van der Waals surface area contributed by atoms with Crippen LogP contribution in [0.25, 0.3) is 0 Å². The smallest absolute Gasteiger partial charge is 0.254 e. The second-order valence-electron chi connectivity index (χ2n) is 6.98. The molecule has 1 aliphatic heterocycles. The number of aliphatic hydroxyl groups excluding tert-OH is 1. The Labute approximate surface area is 157 Å². The lowest BCUT2D eigenvalue weighted by atomic mass is 10.1. The first-order valence-electron chi connectivity index (χ1n) is 8.76. The summed E-state index contributed by atoms with van der Waals surface area (Å²) < 4.78 is 15.3. The maximum atomic E-state index is 13.5. The topological polar surface area (TPSA) is 78.7 Å². The number of carbonyl (C=O) groups is 2. The summed E-state index contributed by atoms with van der Waals surface area (Å²) in [5.74, 6) is -0.863. The molecule has 1 aromatic heterocycles. The fraction of sp³-hybridized carbons (Fsp3) is 0.421. The largest absolute Gasteiger partial charge is 0.386 e. The van der Waals surface area contributed by atoms with Crippen molar-refractivity contribution >= 4 is 11.8 Å². The van der Waals surface area contributed by atoms with Gasteiger partial charge in [0.05, 0.1) is 30.9 Å². The van der Waals surface area contributed by atoms with Gasteiger partial charge in [-0.1, -0.05) is 6.07 Å². The van der Waals surface area contributed by atoms with Crippen molar-refractivity contribution in [2.75, 3.05) is 20.6 Å². The van der Waals surface area contributed by atoms with Gasteiger partial charge in [0.2, 0.25) is 5.91 Å². The summed E-state index contributed by atoms with van der Waals surface area (Å²) in [7, 11) is 3.26. The number of amides is 2. The number of aryl methyl sites for hydroxylation is 1. The number of benzene rings is 1. The molecule has 7 nitrogen and oxygen atoms in total. The summed E-state index contributed by atoms with van der Waals surface area (Å²) >= 11 is 0. The van der Waals surface area contributed by atoms with E-state index in [0.717, 1.165) is 11.3 Å². The molecule has 0 spiro atoms. The molecule has 1 N–H and O–H groups in total. The number of aromatic nitrogens is 2. The second-order valence-corrected chi connectivity index (χ2v) is 6.98. The minimum Gasteiger partial charge on any atom is -0.386 e. The van der Waals surface area contributed by atoms with E-state index in [0.29, 0.717) is 30.9 Å². The number of hydrogen-bond acceptors (Lipinski definition) is 4. The van der Waals surface area contributed by atoms with Gasteiger partial charge in [-0.2, -0.15) is 5.10 Å². The van der Waals surface area contributed by atoms with Crippen molar-refractivity contribution in [3.8, 4) is 0 Å². The molecular weight excluding hydrogens is 351 g/mol.